The van der Waals surface area contributed by atoms with Crippen LogP contribution in [0, 0.1) is 40.4 Å². The monoisotopic (exact) mass is 486 g/mol. The number of ether oxygens (including phenoxy) is 1. The third-order valence-electron chi connectivity index (χ3n) is 11.6. The molecular formula is C30H50N2O3. The lowest BCUT2D eigenvalue weighted by atomic mass is 9.44. The zero-order chi connectivity index (χ0) is 25.7. The molecule has 35 heavy (non-hydrogen) atoms. The fourth-order valence-corrected chi connectivity index (χ4v) is 9.42. The van der Waals surface area contributed by atoms with Crippen molar-refractivity contribution in [1.82, 2.24) is 10.2 Å². The summed E-state index contributed by atoms with van der Waals surface area (Å²) in [5.74, 6) is 3.13. The van der Waals surface area contributed by atoms with Gasteiger partial charge in [-0.1, -0.05) is 19.9 Å². The van der Waals surface area contributed by atoms with Gasteiger partial charge in [0.1, 0.15) is 6.10 Å². The number of nitrogens with zero attached hydrogens (tertiary/aromatic N) is 1. The van der Waals surface area contributed by atoms with Crippen molar-refractivity contribution in [3.05, 3.63) is 11.6 Å². The van der Waals surface area contributed by atoms with Gasteiger partial charge in [-0.15, -0.1) is 0 Å². The van der Waals surface area contributed by atoms with Gasteiger partial charge in [0, 0.05) is 24.5 Å². The molecule has 4 rings (SSSR count). The van der Waals surface area contributed by atoms with Gasteiger partial charge in [0.15, 0.2) is 0 Å². The molecule has 0 aromatic heterocycles. The van der Waals surface area contributed by atoms with Crippen LogP contribution in [0.1, 0.15) is 92.9 Å². The van der Waals surface area contributed by atoms with E-state index in [2.05, 4.69) is 45.1 Å². The highest BCUT2D eigenvalue weighted by Crippen LogP contribution is 2.68. The first-order valence-electron chi connectivity index (χ1n) is 14.2. The lowest BCUT2D eigenvalue weighted by molar-refractivity contribution is -0.180. The first-order valence-corrected chi connectivity index (χ1v) is 14.2. The van der Waals surface area contributed by atoms with E-state index >= 15 is 0 Å². The summed E-state index contributed by atoms with van der Waals surface area (Å²) < 4.78 is 6.04. The Morgan fingerprint density at radius 3 is 2.20 bits per heavy atom. The van der Waals surface area contributed by atoms with Gasteiger partial charge in [0.25, 0.3) is 0 Å². The van der Waals surface area contributed by atoms with E-state index < -0.39 is 0 Å². The number of esters is 1. The maximum Gasteiger partial charge on any atom is 0.302 e. The lowest BCUT2D eigenvalue weighted by Crippen LogP contribution is -2.62. The molecular weight excluding hydrogens is 436 g/mol. The normalized spacial score (nSPS) is 44.1. The SMILES string of the molecule is C/C=C(\C)C(=O)N[C@H]1CC[C@]2(C)C3CC[C@@]4(C)C(CC[C@@H]4C(C)N(C)C)C3CCC2[C@H]1OC(C)=O. The Kier molecular flexibility index (Phi) is 7.50. The third-order valence-corrected chi connectivity index (χ3v) is 11.6. The van der Waals surface area contributed by atoms with E-state index in [0.717, 1.165) is 42.6 Å². The van der Waals surface area contributed by atoms with Gasteiger partial charge in [-0.05, 0) is 121 Å². The average Bonchev–Trinajstić information content (AvgIpc) is 3.16. The minimum Gasteiger partial charge on any atom is -0.460 e. The number of hydrogen-bond donors (Lipinski definition) is 1. The number of fused-ring (bicyclic) bond motifs is 5. The van der Waals surface area contributed by atoms with Crippen LogP contribution < -0.4 is 5.32 Å². The smallest absolute Gasteiger partial charge is 0.302 e. The van der Waals surface area contributed by atoms with E-state index in [-0.39, 0.29) is 29.4 Å². The molecule has 10 atom stereocenters. The van der Waals surface area contributed by atoms with Crippen LogP contribution in [0.2, 0.25) is 0 Å². The zero-order valence-electron chi connectivity index (χ0n) is 23.5. The number of allylic oxidation sites excluding steroid dienone is 1. The molecule has 5 nitrogen and oxygen atoms in total. The van der Waals surface area contributed by atoms with Crippen molar-refractivity contribution in [2.75, 3.05) is 14.1 Å². The molecule has 5 heteroatoms. The Labute approximate surface area is 213 Å². The van der Waals surface area contributed by atoms with Crippen molar-refractivity contribution in [3.63, 3.8) is 0 Å². The maximum atomic E-state index is 12.7. The maximum absolute atomic E-state index is 12.7. The van der Waals surface area contributed by atoms with Crippen LogP contribution in [0.25, 0.3) is 0 Å². The van der Waals surface area contributed by atoms with E-state index in [4.69, 9.17) is 4.74 Å². The van der Waals surface area contributed by atoms with Crippen molar-refractivity contribution in [3.8, 4) is 0 Å². The van der Waals surface area contributed by atoms with Crippen molar-refractivity contribution in [1.29, 1.82) is 0 Å². The summed E-state index contributed by atoms with van der Waals surface area (Å²) in [6.45, 7) is 12.8. The molecule has 0 radical (unpaired) electrons. The number of carbonyl (C=O) groups excluding carboxylic acids is 2. The van der Waals surface area contributed by atoms with E-state index in [9.17, 15) is 9.59 Å². The Morgan fingerprint density at radius 1 is 0.943 bits per heavy atom. The Balaban J connectivity index is 1.57. The average molecular weight is 487 g/mol. The fraction of sp³-hybridized carbons (Fsp3) is 0.867. The number of rotatable bonds is 5. The molecule has 0 bridgehead atoms. The van der Waals surface area contributed by atoms with Crippen LogP contribution >= 0.6 is 0 Å². The lowest BCUT2D eigenvalue weighted by Gasteiger charge is -2.62. The van der Waals surface area contributed by atoms with Gasteiger partial charge in [-0.25, -0.2) is 0 Å². The molecule has 4 aliphatic carbocycles. The van der Waals surface area contributed by atoms with Crippen molar-refractivity contribution in [2.24, 2.45) is 40.4 Å². The molecule has 0 heterocycles. The Hall–Kier alpha value is -1.36. The van der Waals surface area contributed by atoms with Crippen LogP contribution in [0.15, 0.2) is 11.6 Å². The number of nitrogens with one attached hydrogen (secondary N) is 1. The second-order valence-corrected chi connectivity index (χ2v) is 13.2. The topological polar surface area (TPSA) is 58.6 Å². The highest BCUT2D eigenvalue weighted by molar-refractivity contribution is 5.92. The van der Waals surface area contributed by atoms with Crippen molar-refractivity contribution in [2.45, 2.75) is 111 Å². The molecule has 1 amide bonds. The standard InChI is InChI=1S/C30H50N2O3/c1-9-18(2)28(34)31-26-15-17-30(6)24-14-16-29(5)22(19(3)32(7)8)12-13-23(29)21(24)10-11-25(30)27(26)35-20(4)33/h9,19,21-27H,10-17H2,1-8H3,(H,31,34)/b18-9+/t19?,21?,22-,23?,24?,25?,26+,27-,29-,30-/m1/s1. The number of hydrogen-bond acceptors (Lipinski definition) is 4. The number of carbonyl (C=O) groups is 2. The molecule has 1 N–H and O–H groups in total. The minimum absolute atomic E-state index is 0.0348. The molecule has 0 aromatic carbocycles. The number of amides is 1. The predicted molar refractivity (Wildman–Crippen MR) is 141 cm³/mol. The van der Waals surface area contributed by atoms with Gasteiger partial charge < -0.3 is 15.0 Å². The summed E-state index contributed by atoms with van der Waals surface area (Å²) in [4.78, 5) is 27.3. The summed E-state index contributed by atoms with van der Waals surface area (Å²) in [5, 5.41) is 3.23. The van der Waals surface area contributed by atoms with Gasteiger partial charge in [0.05, 0.1) is 6.04 Å². The first-order chi connectivity index (χ1) is 16.4. The molecule has 4 aliphatic rings. The molecule has 0 aliphatic heterocycles. The molecule has 0 saturated heterocycles. The summed E-state index contributed by atoms with van der Waals surface area (Å²) in [5.41, 5.74) is 1.34. The fourth-order valence-electron chi connectivity index (χ4n) is 9.42. The van der Waals surface area contributed by atoms with Crippen LogP contribution in [-0.2, 0) is 14.3 Å². The summed E-state index contributed by atoms with van der Waals surface area (Å²) >= 11 is 0. The van der Waals surface area contributed by atoms with Crippen LogP contribution in [-0.4, -0.2) is 49.1 Å². The van der Waals surface area contributed by atoms with Crippen LogP contribution in [0.4, 0.5) is 0 Å². The largest absolute Gasteiger partial charge is 0.460 e. The second kappa shape index (κ2) is 9.84. The summed E-state index contributed by atoms with van der Waals surface area (Å²) in [6, 6.07) is 0.531. The van der Waals surface area contributed by atoms with Crippen LogP contribution in [0.5, 0.6) is 0 Å². The quantitative estimate of drug-likeness (QED) is 0.407. The van der Waals surface area contributed by atoms with E-state index in [0.29, 0.717) is 23.3 Å². The molecule has 4 fully saturated rings. The van der Waals surface area contributed by atoms with Crippen molar-refractivity contribution < 1.29 is 14.3 Å². The van der Waals surface area contributed by atoms with Crippen molar-refractivity contribution >= 4 is 11.9 Å². The molecule has 4 saturated carbocycles. The highest BCUT2D eigenvalue weighted by Gasteiger charge is 2.62. The van der Waals surface area contributed by atoms with Gasteiger partial charge in [0.2, 0.25) is 5.91 Å². The van der Waals surface area contributed by atoms with Crippen LogP contribution in [0.3, 0.4) is 0 Å². The van der Waals surface area contributed by atoms with E-state index in [1.165, 1.54) is 39.0 Å². The van der Waals surface area contributed by atoms with E-state index in [1.807, 2.05) is 19.9 Å². The minimum atomic E-state index is -0.226. The van der Waals surface area contributed by atoms with Gasteiger partial charge >= 0.3 is 5.97 Å². The highest BCUT2D eigenvalue weighted by atomic mass is 16.5. The predicted octanol–water partition coefficient (Wildman–Crippen LogP) is 5.59. The van der Waals surface area contributed by atoms with E-state index in [1.54, 1.807) is 0 Å². The Morgan fingerprint density at radius 2 is 1.57 bits per heavy atom. The first kappa shape index (κ1) is 26.7. The summed E-state index contributed by atoms with van der Waals surface area (Å²) in [6.07, 6.45) is 11.3. The molecule has 0 spiro atoms. The third kappa shape index (κ3) is 4.49. The zero-order valence-corrected chi connectivity index (χ0v) is 23.5. The molecule has 0 aromatic rings. The summed E-state index contributed by atoms with van der Waals surface area (Å²) in [7, 11) is 4.48. The molecule has 5 unspecified atom stereocenters. The second-order valence-electron chi connectivity index (χ2n) is 13.2. The van der Waals surface area contributed by atoms with Gasteiger partial charge in [-0.2, -0.15) is 0 Å². The molecule has 198 valence electrons. The Bertz CT molecular complexity index is 853. The van der Waals surface area contributed by atoms with Gasteiger partial charge in [-0.3, -0.25) is 9.59 Å².